The van der Waals surface area contributed by atoms with Crippen molar-refractivity contribution in [1.82, 2.24) is 9.97 Å². The summed E-state index contributed by atoms with van der Waals surface area (Å²) in [5, 5.41) is 0.833. The molecule has 0 saturated heterocycles. The van der Waals surface area contributed by atoms with E-state index in [2.05, 4.69) is 25.9 Å². The molecule has 0 fully saturated rings. The number of hydrogen-bond donors (Lipinski definition) is 1. The Morgan fingerprint density at radius 1 is 1.00 bits per heavy atom. The van der Waals surface area contributed by atoms with Crippen molar-refractivity contribution < 1.29 is 4.74 Å². The van der Waals surface area contributed by atoms with Crippen LogP contribution in [0.25, 0.3) is 10.9 Å². The van der Waals surface area contributed by atoms with Crippen molar-refractivity contribution in [2.75, 3.05) is 5.73 Å². The van der Waals surface area contributed by atoms with Crippen molar-refractivity contribution in [3.05, 3.63) is 53.3 Å². The Balaban J connectivity index is 2.03. The van der Waals surface area contributed by atoms with Crippen LogP contribution in [0.2, 0.25) is 0 Å². The Morgan fingerprint density at radius 2 is 1.79 bits per heavy atom. The molecule has 0 aliphatic heterocycles. The topological polar surface area (TPSA) is 61.0 Å². The third kappa shape index (κ3) is 2.51. The number of hydrogen-bond acceptors (Lipinski definition) is 4. The summed E-state index contributed by atoms with van der Waals surface area (Å²) in [5.41, 5.74) is 7.17. The van der Waals surface area contributed by atoms with Gasteiger partial charge < -0.3 is 10.5 Å². The highest BCUT2D eigenvalue weighted by molar-refractivity contribution is 9.10. The van der Waals surface area contributed by atoms with Crippen molar-refractivity contribution in [3.8, 4) is 11.6 Å². The minimum Gasteiger partial charge on any atom is -0.438 e. The molecular weight excluding hydrogens is 306 g/mol. The molecule has 2 N–H and O–H groups in total. The third-order valence-electron chi connectivity index (χ3n) is 2.65. The zero-order valence-electron chi connectivity index (χ0n) is 9.88. The van der Waals surface area contributed by atoms with Crippen LogP contribution >= 0.6 is 15.9 Å². The smallest absolute Gasteiger partial charge is 0.230 e. The summed E-state index contributed by atoms with van der Waals surface area (Å²) in [4.78, 5) is 8.35. The van der Waals surface area contributed by atoms with Gasteiger partial charge in [-0.1, -0.05) is 15.9 Å². The molecule has 0 spiro atoms. The number of nitrogen functional groups attached to an aromatic ring is 1. The monoisotopic (exact) mass is 315 g/mol. The maximum Gasteiger partial charge on any atom is 0.230 e. The average molecular weight is 316 g/mol. The van der Waals surface area contributed by atoms with E-state index >= 15 is 0 Å². The van der Waals surface area contributed by atoms with Gasteiger partial charge in [0.2, 0.25) is 5.88 Å². The second-order valence-electron chi connectivity index (χ2n) is 4.01. The molecule has 0 atom stereocenters. The highest BCUT2D eigenvalue weighted by atomic mass is 79.9. The molecule has 0 aliphatic carbocycles. The van der Waals surface area contributed by atoms with Gasteiger partial charge in [0.25, 0.3) is 0 Å². The summed E-state index contributed by atoms with van der Waals surface area (Å²) >= 11 is 3.38. The first-order valence-electron chi connectivity index (χ1n) is 5.66. The fraction of sp³-hybridized carbons (Fsp3) is 0. The van der Waals surface area contributed by atoms with Crippen molar-refractivity contribution >= 4 is 32.5 Å². The number of fused-ring (bicyclic) bond motifs is 1. The lowest BCUT2D eigenvalue weighted by Gasteiger charge is -2.07. The van der Waals surface area contributed by atoms with E-state index in [0.717, 1.165) is 21.1 Å². The molecule has 19 heavy (non-hydrogen) atoms. The lowest BCUT2D eigenvalue weighted by molar-refractivity contribution is 0.468. The highest BCUT2D eigenvalue weighted by Gasteiger charge is 2.06. The lowest BCUT2D eigenvalue weighted by atomic mass is 10.2. The number of benzene rings is 2. The first-order valence-corrected chi connectivity index (χ1v) is 6.45. The molecule has 3 aromatic rings. The van der Waals surface area contributed by atoms with Crippen LogP contribution in [0.1, 0.15) is 0 Å². The quantitative estimate of drug-likeness (QED) is 0.731. The van der Waals surface area contributed by atoms with Gasteiger partial charge in [0.1, 0.15) is 12.1 Å². The molecule has 3 rings (SSSR count). The van der Waals surface area contributed by atoms with Gasteiger partial charge >= 0.3 is 0 Å². The standard InChI is InChI=1S/C14H10BrN3O/c15-9-1-4-11(5-2-9)19-14-12-6-3-10(16)7-13(12)17-8-18-14/h1-8H,16H2. The number of halogens is 1. The first-order chi connectivity index (χ1) is 9.22. The van der Waals surface area contributed by atoms with Crippen LogP contribution in [-0.2, 0) is 0 Å². The van der Waals surface area contributed by atoms with Gasteiger partial charge in [-0.05, 0) is 42.5 Å². The van der Waals surface area contributed by atoms with Gasteiger partial charge in [-0.25, -0.2) is 9.97 Å². The average Bonchev–Trinajstić information content (AvgIpc) is 2.41. The van der Waals surface area contributed by atoms with Crippen LogP contribution in [-0.4, -0.2) is 9.97 Å². The Labute approximate surface area is 118 Å². The predicted octanol–water partition coefficient (Wildman–Crippen LogP) is 3.77. The van der Waals surface area contributed by atoms with E-state index in [1.54, 1.807) is 12.1 Å². The molecule has 0 aliphatic rings. The number of rotatable bonds is 2. The van der Waals surface area contributed by atoms with E-state index in [-0.39, 0.29) is 0 Å². The normalized spacial score (nSPS) is 10.6. The zero-order valence-corrected chi connectivity index (χ0v) is 11.5. The van der Waals surface area contributed by atoms with Crippen molar-refractivity contribution in [2.24, 2.45) is 0 Å². The minimum absolute atomic E-state index is 0.521. The van der Waals surface area contributed by atoms with Gasteiger partial charge in [-0.15, -0.1) is 0 Å². The number of ether oxygens (including phenoxy) is 1. The molecule has 2 aromatic carbocycles. The van der Waals surface area contributed by atoms with Crippen LogP contribution in [0.5, 0.6) is 11.6 Å². The molecule has 94 valence electrons. The van der Waals surface area contributed by atoms with Crippen molar-refractivity contribution in [2.45, 2.75) is 0 Å². The van der Waals surface area contributed by atoms with Gasteiger partial charge in [0.05, 0.1) is 10.9 Å². The highest BCUT2D eigenvalue weighted by Crippen LogP contribution is 2.28. The van der Waals surface area contributed by atoms with Crippen molar-refractivity contribution in [1.29, 1.82) is 0 Å². The lowest BCUT2D eigenvalue weighted by Crippen LogP contribution is -1.92. The predicted molar refractivity (Wildman–Crippen MR) is 78.2 cm³/mol. The Bertz CT molecular complexity index is 728. The van der Waals surface area contributed by atoms with Crippen molar-refractivity contribution in [3.63, 3.8) is 0 Å². The molecule has 0 radical (unpaired) electrons. The van der Waals surface area contributed by atoms with Crippen LogP contribution in [0.15, 0.2) is 53.3 Å². The summed E-state index contributed by atoms with van der Waals surface area (Å²) in [5.74, 6) is 1.24. The van der Waals surface area contributed by atoms with Crippen LogP contribution in [0, 0.1) is 0 Å². The number of anilines is 1. The van der Waals surface area contributed by atoms with Crippen LogP contribution in [0.3, 0.4) is 0 Å². The fourth-order valence-corrected chi connectivity index (χ4v) is 2.01. The number of nitrogens with zero attached hydrogens (tertiary/aromatic N) is 2. The van der Waals surface area contributed by atoms with E-state index in [1.165, 1.54) is 6.33 Å². The molecule has 0 unspecified atom stereocenters. The van der Waals surface area contributed by atoms with E-state index in [0.29, 0.717) is 11.6 Å². The molecule has 0 saturated carbocycles. The van der Waals surface area contributed by atoms with Gasteiger partial charge in [-0.3, -0.25) is 0 Å². The Kier molecular flexibility index (Phi) is 3.05. The minimum atomic E-state index is 0.521. The third-order valence-corrected chi connectivity index (χ3v) is 3.18. The molecule has 1 heterocycles. The maximum atomic E-state index is 5.77. The van der Waals surface area contributed by atoms with E-state index < -0.39 is 0 Å². The van der Waals surface area contributed by atoms with Gasteiger partial charge in [0, 0.05) is 10.2 Å². The van der Waals surface area contributed by atoms with Crippen LogP contribution in [0.4, 0.5) is 5.69 Å². The second-order valence-corrected chi connectivity index (χ2v) is 4.93. The molecule has 0 bridgehead atoms. The van der Waals surface area contributed by atoms with Gasteiger partial charge in [0.15, 0.2) is 0 Å². The van der Waals surface area contributed by atoms with E-state index in [4.69, 9.17) is 10.5 Å². The largest absolute Gasteiger partial charge is 0.438 e. The molecular formula is C14H10BrN3O. The number of nitrogens with two attached hydrogens (primary N) is 1. The zero-order chi connectivity index (χ0) is 13.2. The molecule has 0 amide bonds. The number of aromatic nitrogens is 2. The maximum absolute atomic E-state index is 5.77. The first kappa shape index (κ1) is 11.9. The summed E-state index contributed by atoms with van der Waals surface area (Å²) in [6.07, 6.45) is 1.47. The summed E-state index contributed by atoms with van der Waals surface area (Å²) < 4.78 is 6.77. The molecule has 1 aromatic heterocycles. The molecule has 4 nitrogen and oxygen atoms in total. The van der Waals surface area contributed by atoms with Gasteiger partial charge in [-0.2, -0.15) is 0 Å². The SMILES string of the molecule is Nc1ccc2c(Oc3ccc(Br)cc3)ncnc2c1. The summed E-state index contributed by atoms with van der Waals surface area (Å²) in [6, 6.07) is 13.0. The molecule has 5 heteroatoms. The summed E-state index contributed by atoms with van der Waals surface area (Å²) in [6.45, 7) is 0. The summed E-state index contributed by atoms with van der Waals surface area (Å²) in [7, 11) is 0. The van der Waals surface area contributed by atoms with Crippen LogP contribution < -0.4 is 10.5 Å². The Hall–Kier alpha value is -2.14. The Morgan fingerprint density at radius 3 is 2.58 bits per heavy atom. The van der Waals surface area contributed by atoms with E-state index in [1.807, 2.05) is 30.3 Å². The second kappa shape index (κ2) is 4.85. The fourth-order valence-electron chi connectivity index (χ4n) is 1.74. The van der Waals surface area contributed by atoms with E-state index in [9.17, 15) is 0 Å².